The lowest BCUT2D eigenvalue weighted by Gasteiger charge is -2.33. The molecule has 134 valence electrons. The van der Waals surface area contributed by atoms with E-state index in [4.69, 9.17) is 5.73 Å². The van der Waals surface area contributed by atoms with Gasteiger partial charge in [-0.2, -0.15) is 13.2 Å². The molecule has 2 atom stereocenters. The number of benzene rings is 1. The predicted octanol–water partition coefficient (Wildman–Crippen LogP) is 3.67. The van der Waals surface area contributed by atoms with E-state index in [0.717, 1.165) is 16.1 Å². The lowest BCUT2D eigenvalue weighted by Crippen LogP contribution is -2.46. The van der Waals surface area contributed by atoms with Crippen molar-refractivity contribution in [2.24, 2.45) is 5.73 Å². The number of likely N-dealkylation sites (tertiary alicyclic amines) is 1. The number of hydrogen-bond donors (Lipinski definition) is 1. The van der Waals surface area contributed by atoms with Crippen molar-refractivity contribution in [2.45, 2.75) is 38.0 Å². The van der Waals surface area contributed by atoms with Gasteiger partial charge in [0.05, 0.1) is 22.1 Å². The Hall–Kier alpha value is -1.93. The van der Waals surface area contributed by atoms with Crippen molar-refractivity contribution in [1.82, 2.24) is 9.88 Å². The summed E-state index contributed by atoms with van der Waals surface area (Å²) < 4.78 is 41.2. The van der Waals surface area contributed by atoms with Crippen LogP contribution in [-0.4, -0.2) is 34.6 Å². The van der Waals surface area contributed by atoms with Crippen molar-refractivity contribution >= 4 is 17.2 Å². The fourth-order valence-corrected chi connectivity index (χ4v) is 4.18. The minimum atomic E-state index is -4.49. The lowest BCUT2D eigenvalue weighted by atomic mass is 10.0. The molecule has 2 heterocycles. The molecule has 1 saturated heterocycles. The molecule has 1 aliphatic heterocycles. The fraction of sp³-hybridized carbons (Fsp3) is 0.412. The summed E-state index contributed by atoms with van der Waals surface area (Å²) in [6.45, 7) is 2.06. The highest BCUT2D eigenvalue weighted by Crippen LogP contribution is 2.42. The number of thiazole rings is 1. The van der Waals surface area contributed by atoms with Gasteiger partial charge >= 0.3 is 6.18 Å². The predicted molar refractivity (Wildman–Crippen MR) is 90.0 cm³/mol. The zero-order valence-electron chi connectivity index (χ0n) is 13.6. The molecule has 4 nitrogen and oxygen atoms in total. The molecule has 25 heavy (non-hydrogen) atoms. The van der Waals surface area contributed by atoms with E-state index in [9.17, 15) is 18.0 Å². The molecule has 1 amide bonds. The van der Waals surface area contributed by atoms with Gasteiger partial charge in [0, 0.05) is 0 Å². The maximum atomic E-state index is 13.7. The summed E-state index contributed by atoms with van der Waals surface area (Å²) in [6, 6.07) is 3.58. The van der Waals surface area contributed by atoms with Crippen molar-refractivity contribution in [3.63, 3.8) is 0 Å². The zero-order valence-corrected chi connectivity index (χ0v) is 14.4. The zero-order chi connectivity index (χ0) is 18.2. The van der Waals surface area contributed by atoms with Crippen LogP contribution < -0.4 is 5.73 Å². The Morgan fingerprint density at radius 1 is 1.36 bits per heavy atom. The van der Waals surface area contributed by atoms with Gasteiger partial charge in [-0.15, -0.1) is 11.3 Å². The second kappa shape index (κ2) is 6.76. The third-order valence-electron chi connectivity index (χ3n) is 4.50. The van der Waals surface area contributed by atoms with Crippen LogP contribution in [0.1, 0.15) is 30.1 Å². The number of nitrogens with zero attached hydrogens (tertiary/aromatic N) is 2. The van der Waals surface area contributed by atoms with Crippen molar-refractivity contribution in [3.05, 3.63) is 41.0 Å². The van der Waals surface area contributed by atoms with Crippen LogP contribution in [0.15, 0.2) is 29.8 Å². The first-order chi connectivity index (χ1) is 11.8. The van der Waals surface area contributed by atoms with Crippen LogP contribution in [0.2, 0.25) is 0 Å². The van der Waals surface area contributed by atoms with Gasteiger partial charge in [-0.25, -0.2) is 4.98 Å². The summed E-state index contributed by atoms with van der Waals surface area (Å²) in [7, 11) is 0. The molecular weight excluding hydrogens is 351 g/mol. The molecule has 1 aromatic carbocycles. The van der Waals surface area contributed by atoms with Crippen LogP contribution in [0.5, 0.6) is 0 Å². The van der Waals surface area contributed by atoms with Gasteiger partial charge in [-0.1, -0.05) is 24.3 Å². The molecule has 2 N–H and O–H groups in total. The van der Waals surface area contributed by atoms with E-state index in [1.54, 1.807) is 17.6 Å². The monoisotopic (exact) mass is 369 g/mol. The molecule has 0 radical (unpaired) electrons. The van der Waals surface area contributed by atoms with Crippen LogP contribution >= 0.6 is 11.3 Å². The van der Waals surface area contributed by atoms with Gasteiger partial charge in [-0.05, 0) is 37.4 Å². The summed E-state index contributed by atoms with van der Waals surface area (Å²) in [6.07, 6.45) is -3.60. The average Bonchev–Trinajstić information content (AvgIpc) is 3.16. The quantitative estimate of drug-likeness (QED) is 0.895. The third-order valence-corrected chi connectivity index (χ3v) is 5.48. The first-order valence-corrected chi connectivity index (χ1v) is 8.79. The second-order valence-corrected chi connectivity index (χ2v) is 6.99. The van der Waals surface area contributed by atoms with E-state index < -0.39 is 24.2 Å². The standard InChI is InChI=1S/C17H18F3N3OS/c1-10-14(25-9-22-10)11-4-6-12(7-5-11)15(17(18,19)20)23-8-2-3-13(23)16(21)24/h4-7,9,13,15H,2-3,8H2,1H3,(H2,21,24)/t13?,15-/m1/s1. The number of carbonyl (C=O) groups is 1. The first kappa shape index (κ1) is 17.9. The minimum absolute atomic E-state index is 0.117. The number of rotatable bonds is 4. The Balaban J connectivity index is 1.95. The van der Waals surface area contributed by atoms with Gasteiger partial charge in [0.15, 0.2) is 0 Å². The molecule has 1 aliphatic rings. The number of hydrogen-bond acceptors (Lipinski definition) is 4. The fourth-order valence-electron chi connectivity index (χ4n) is 3.37. The van der Waals surface area contributed by atoms with E-state index in [-0.39, 0.29) is 12.1 Å². The molecule has 0 spiro atoms. The van der Waals surface area contributed by atoms with Gasteiger partial charge in [0.2, 0.25) is 5.91 Å². The van der Waals surface area contributed by atoms with Crippen LogP contribution in [-0.2, 0) is 4.79 Å². The molecule has 0 saturated carbocycles. The normalized spacial score (nSPS) is 19.9. The Bertz CT molecular complexity index is 757. The number of primary amides is 1. The van der Waals surface area contributed by atoms with Crippen LogP contribution in [0.4, 0.5) is 13.2 Å². The molecule has 3 rings (SSSR count). The SMILES string of the molecule is Cc1ncsc1-c1ccc([C@@H](N2CCCC2C(N)=O)C(F)(F)F)cc1. The van der Waals surface area contributed by atoms with Crippen molar-refractivity contribution in [2.75, 3.05) is 6.54 Å². The van der Waals surface area contributed by atoms with Crippen LogP contribution in [0, 0.1) is 6.92 Å². The van der Waals surface area contributed by atoms with E-state index in [0.29, 0.717) is 12.8 Å². The highest BCUT2D eigenvalue weighted by molar-refractivity contribution is 7.13. The van der Waals surface area contributed by atoms with Crippen LogP contribution in [0.25, 0.3) is 10.4 Å². The number of aryl methyl sites for hydroxylation is 1. The summed E-state index contributed by atoms with van der Waals surface area (Å²) >= 11 is 1.45. The first-order valence-electron chi connectivity index (χ1n) is 7.91. The van der Waals surface area contributed by atoms with E-state index in [2.05, 4.69) is 4.98 Å². The smallest absolute Gasteiger partial charge is 0.368 e. The molecule has 0 aliphatic carbocycles. The van der Waals surface area contributed by atoms with Gasteiger partial charge in [0.1, 0.15) is 6.04 Å². The maximum Gasteiger partial charge on any atom is 0.408 e. The maximum absolute atomic E-state index is 13.7. The Morgan fingerprint density at radius 3 is 2.56 bits per heavy atom. The molecule has 1 unspecified atom stereocenters. The molecule has 1 aromatic heterocycles. The highest BCUT2D eigenvalue weighted by atomic mass is 32.1. The summed E-state index contributed by atoms with van der Waals surface area (Å²) in [4.78, 5) is 17.8. The molecule has 8 heteroatoms. The molecule has 0 bridgehead atoms. The van der Waals surface area contributed by atoms with Crippen molar-refractivity contribution in [3.8, 4) is 10.4 Å². The number of halogens is 3. The van der Waals surface area contributed by atoms with E-state index in [1.807, 2.05) is 6.92 Å². The number of nitrogens with two attached hydrogens (primary N) is 1. The topological polar surface area (TPSA) is 59.2 Å². The van der Waals surface area contributed by atoms with E-state index >= 15 is 0 Å². The number of amides is 1. The minimum Gasteiger partial charge on any atom is -0.368 e. The molecular formula is C17H18F3N3OS. The van der Waals surface area contributed by atoms with Gasteiger partial charge < -0.3 is 5.73 Å². The van der Waals surface area contributed by atoms with Crippen molar-refractivity contribution < 1.29 is 18.0 Å². The Kier molecular flexibility index (Phi) is 4.83. The number of alkyl halides is 3. The largest absolute Gasteiger partial charge is 0.408 e. The summed E-state index contributed by atoms with van der Waals surface area (Å²) in [5.41, 5.74) is 8.80. The summed E-state index contributed by atoms with van der Waals surface area (Å²) in [5.74, 6) is -0.705. The Labute approximate surface area is 147 Å². The second-order valence-electron chi connectivity index (χ2n) is 6.13. The Morgan fingerprint density at radius 2 is 2.04 bits per heavy atom. The summed E-state index contributed by atoms with van der Waals surface area (Å²) in [5, 5.41) is 0. The van der Waals surface area contributed by atoms with Gasteiger partial charge in [0.25, 0.3) is 0 Å². The highest BCUT2D eigenvalue weighted by Gasteiger charge is 2.49. The number of carbonyl (C=O) groups excluding carboxylic acids is 1. The van der Waals surface area contributed by atoms with Crippen LogP contribution in [0.3, 0.4) is 0 Å². The van der Waals surface area contributed by atoms with Gasteiger partial charge in [-0.3, -0.25) is 9.69 Å². The third kappa shape index (κ3) is 3.55. The van der Waals surface area contributed by atoms with Crippen molar-refractivity contribution in [1.29, 1.82) is 0 Å². The number of aromatic nitrogens is 1. The average molecular weight is 369 g/mol. The molecule has 1 fully saturated rings. The lowest BCUT2D eigenvalue weighted by molar-refractivity contribution is -0.189. The molecule has 2 aromatic rings. The van der Waals surface area contributed by atoms with E-state index in [1.165, 1.54) is 28.4 Å².